The monoisotopic (exact) mass is 336 g/mol. The first kappa shape index (κ1) is 14.9. The van der Waals surface area contributed by atoms with E-state index in [2.05, 4.69) is 36.7 Å². The minimum absolute atomic E-state index is 0.0607. The van der Waals surface area contributed by atoms with Gasteiger partial charge in [0.1, 0.15) is 5.69 Å². The number of carbonyl (C=O) groups is 1. The van der Waals surface area contributed by atoms with Crippen molar-refractivity contribution in [2.75, 3.05) is 0 Å². The van der Waals surface area contributed by atoms with Gasteiger partial charge < -0.3 is 5.32 Å². The van der Waals surface area contributed by atoms with Gasteiger partial charge >= 0.3 is 0 Å². The van der Waals surface area contributed by atoms with Crippen LogP contribution in [0, 0.1) is 0 Å². The summed E-state index contributed by atoms with van der Waals surface area (Å²) in [6.45, 7) is 0. The molecule has 0 spiro atoms. The molecule has 0 fully saturated rings. The molecule has 0 saturated heterocycles. The standard InChI is InChI=1S/C15H12N8O2/c24-13(17-15-18-21-22-19-15)11-7-8-12-16-10-6-4-2-1-3-5-9(10)14(25)23(12)20-11/h1-8,15H,(H,17,24)(H,18,22)(H,19,21)/b2-1?,3-1-,4-2-,5-3?,6-4?,9-5+,10-6+. The summed E-state index contributed by atoms with van der Waals surface area (Å²) in [5.41, 5.74) is 5.07. The number of carbonyl (C=O) groups excluding carboxylic acids is 1. The third-order valence-electron chi connectivity index (χ3n) is 3.52. The average Bonchev–Trinajstić information content (AvgIpc) is 3.09. The Morgan fingerprint density at radius 2 is 2.00 bits per heavy atom. The maximum absolute atomic E-state index is 12.7. The predicted octanol–water partition coefficient (Wildman–Crippen LogP) is -1.74. The van der Waals surface area contributed by atoms with Crippen molar-refractivity contribution >= 4 is 23.7 Å². The molecular formula is C15H12N8O2. The van der Waals surface area contributed by atoms with Gasteiger partial charge in [-0.05, 0) is 24.3 Å². The van der Waals surface area contributed by atoms with Crippen LogP contribution in [0.4, 0.5) is 0 Å². The molecule has 2 aromatic rings. The molecule has 2 aromatic heterocycles. The van der Waals surface area contributed by atoms with E-state index in [-0.39, 0.29) is 11.3 Å². The van der Waals surface area contributed by atoms with Crippen molar-refractivity contribution in [1.29, 1.82) is 0 Å². The van der Waals surface area contributed by atoms with Gasteiger partial charge in [-0.1, -0.05) is 29.5 Å². The van der Waals surface area contributed by atoms with Crippen LogP contribution < -0.4 is 32.4 Å². The van der Waals surface area contributed by atoms with Gasteiger partial charge in [0, 0.05) is 0 Å². The number of hydrazine groups is 1. The summed E-state index contributed by atoms with van der Waals surface area (Å²) in [6.07, 6.45) is 9.92. The summed E-state index contributed by atoms with van der Waals surface area (Å²) in [7, 11) is 0. The number of allylic oxidation sites excluding steroid dienone is 4. The molecule has 124 valence electrons. The molecule has 3 heterocycles. The highest BCUT2D eigenvalue weighted by Crippen LogP contribution is 1.98. The molecule has 3 N–H and O–H groups in total. The van der Waals surface area contributed by atoms with Gasteiger partial charge in [-0.2, -0.15) is 15.0 Å². The highest BCUT2D eigenvalue weighted by molar-refractivity contribution is 5.92. The van der Waals surface area contributed by atoms with Gasteiger partial charge in [0.25, 0.3) is 11.5 Å². The molecule has 1 aliphatic carbocycles. The maximum Gasteiger partial charge on any atom is 0.282 e. The van der Waals surface area contributed by atoms with E-state index in [9.17, 15) is 9.59 Å². The molecule has 0 bridgehead atoms. The fraction of sp³-hybridized carbons (Fsp3) is 0.0667. The van der Waals surface area contributed by atoms with E-state index in [1.54, 1.807) is 30.4 Å². The van der Waals surface area contributed by atoms with Crippen LogP contribution in [-0.2, 0) is 0 Å². The Kier molecular flexibility index (Phi) is 3.63. The molecule has 10 nitrogen and oxygen atoms in total. The summed E-state index contributed by atoms with van der Waals surface area (Å²) in [5.74, 6) is -0.501. The van der Waals surface area contributed by atoms with Gasteiger partial charge in [-0.3, -0.25) is 9.59 Å². The first-order valence-corrected chi connectivity index (χ1v) is 7.39. The zero-order valence-electron chi connectivity index (χ0n) is 12.7. The fourth-order valence-corrected chi connectivity index (χ4v) is 2.36. The van der Waals surface area contributed by atoms with Crippen molar-refractivity contribution < 1.29 is 4.79 Å². The maximum atomic E-state index is 12.7. The largest absolute Gasteiger partial charge is 0.314 e. The van der Waals surface area contributed by atoms with Gasteiger partial charge in [-0.15, -0.1) is 5.11 Å². The lowest BCUT2D eigenvalue weighted by atomic mass is 10.2. The number of nitrogens with zero attached hydrogens (tertiary/aromatic N) is 5. The van der Waals surface area contributed by atoms with Crippen LogP contribution in [0.25, 0.3) is 17.8 Å². The van der Waals surface area contributed by atoms with Crippen molar-refractivity contribution in [2.24, 2.45) is 10.3 Å². The zero-order chi connectivity index (χ0) is 17.2. The van der Waals surface area contributed by atoms with Crippen LogP contribution in [-0.4, -0.2) is 26.8 Å². The van der Waals surface area contributed by atoms with Gasteiger partial charge in [0.15, 0.2) is 5.65 Å². The van der Waals surface area contributed by atoms with E-state index < -0.39 is 12.2 Å². The fourth-order valence-electron chi connectivity index (χ4n) is 2.36. The summed E-state index contributed by atoms with van der Waals surface area (Å²) in [5, 5.41) is 14.8. The van der Waals surface area contributed by atoms with Crippen LogP contribution >= 0.6 is 0 Å². The molecular weight excluding hydrogens is 324 g/mol. The van der Waals surface area contributed by atoms with Crippen LogP contribution in [0.15, 0.2) is 51.6 Å². The lowest BCUT2D eigenvalue weighted by molar-refractivity contribution is 0.0925. The molecule has 1 amide bonds. The van der Waals surface area contributed by atoms with E-state index in [1.807, 2.05) is 12.2 Å². The Hall–Kier alpha value is -3.66. The second kappa shape index (κ2) is 6.09. The van der Waals surface area contributed by atoms with Gasteiger partial charge in [0.2, 0.25) is 6.29 Å². The van der Waals surface area contributed by atoms with Crippen LogP contribution in [0.5, 0.6) is 0 Å². The lowest BCUT2D eigenvalue weighted by Crippen LogP contribution is -2.47. The van der Waals surface area contributed by atoms with Gasteiger partial charge in [0.05, 0.1) is 10.6 Å². The first-order chi connectivity index (χ1) is 12.2. The number of nitrogens with one attached hydrogen (secondary N) is 3. The summed E-state index contributed by atoms with van der Waals surface area (Å²) < 4.78 is 1.11. The van der Waals surface area contributed by atoms with Crippen LogP contribution in [0.2, 0.25) is 0 Å². The van der Waals surface area contributed by atoms with Crippen molar-refractivity contribution in [3.63, 3.8) is 0 Å². The zero-order valence-corrected chi connectivity index (χ0v) is 12.7. The Morgan fingerprint density at radius 1 is 1.16 bits per heavy atom. The Morgan fingerprint density at radius 3 is 2.80 bits per heavy atom. The second-order valence-electron chi connectivity index (χ2n) is 5.16. The second-order valence-corrected chi connectivity index (χ2v) is 5.16. The topological polar surface area (TPSA) is 125 Å². The first-order valence-electron chi connectivity index (χ1n) is 7.39. The third kappa shape index (κ3) is 2.81. The molecule has 2 aliphatic rings. The highest BCUT2D eigenvalue weighted by Gasteiger charge is 2.17. The van der Waals surface area contributed by atoms with Crippen molar-refractivity contribution in [2.45, 2.75) is 6.29 Å². The smallest absolute Gasteiger partial charge is 0.282 e. The minimum atomic E-state index is -0.699. The van der Waals surface area contributed by atoms with Crippen molar-refractivity contribution in [1.82, 2.24) is 30.9 Å². The summed E-state index contributed by atoms with van der Waals surface area (Å²) in [6, 6.07) is 3.06. The molecule has 1 aliphatic heterocycles. The number of fused-ring (bicyclic) bond motifs is 2. The highest BCUT2D eigenvalue weighted by atomic mass is 16.2. The molecule has 1 unspecified atom stereocenters. The Labute approximate surface area is 139 Å². The number of aromatic nitrogens is 3. The quantitative estimate of drug-likeness (QED) is 0.598. The van der Waals surface area contributed by atoms with Crippen molar-refractivity contribution in [3.8, 4) is 0 Å². The number of rotatable bonds is 2. The van der Waals surface area contributed by atoms with E-state index in [1.165, 1.54) is 6.07 Å². The van der Waals surface area contributed by atoms with Crippen molar-refractivity contribution in [3.05, 3.63) is 63.1 Å². The van der Waals surface area contributed by atoms with Gasteiger partial charge in [-0.25, -0.2) is 10.5 Å². The Bertz CT molecular complexity index is 1130. The van der Waals surface area contributed by atoms with E-state index in [0.717, 1.165) is 4.52 Å². The minimum Gasteiger partial charge on any atom is -0.314 e. The summed E-state index contributed by atoms with van der Waals surface area (Å²) >= 11 is 0. The number of hydrogen-bond acceptors (Lipinski definition) is 8. The molecule has 0 aromatic carbocycles. The van der Waals surface area contributed by atoms with E-state index in [0.29, 0.717) is 16.2 Å². The molecule has 4 rings (SSSR count). The third-order valence-corrected chi connectivity index (χ3v) is 3.52. The molecule has 1 atom stereocenters. The molecule has 0 radical (unpaired) electrons. The lowest BCUT2D eigenvalue weighted by Gasteiger charge is -2.08. The number of hydrogen-bond donors (Lipinski definition) is 3. The summed E-state index contributed by atoms with van der Waals surface area (Å²) in [4.78, 5) is 29.4. The predicted molar refractivity (Wildman–Crippen MR) is 88.1 cm³/mol. The van der Waals surface area contributed by atoms with E-state index in [4.69, 9.17) is 0 Å². The number of amides is 1. The molecule has 10 heteroatoms. The Balaban J connectivity index is 1.82. The normalized spacial score (nSPS) is 23.1. The molecule has 25 heavy (non-hydrogen) atoms. The van der Waals surface area contributed by atoms with Crippen LogP contribution in [0.1, 0.15) is 10.5 Å². The SMILES string of the molecule is O=C(NC1N=NNN1)c1ccc2nc3/c(c(=O)n2n1)=C\C=C/C=C\C=3. The average molecular weight is 336 g/mol. The molecule has 0 saturated carbocycles. The van der Waals surface area contributed by atoms with Crippen LogP contribution in [0.3, 0.4) is 0 Å². The van der Waals surface area contributed by atoms with E-state index >= 15 is 0 Å².